The molecule has 22 heavy (non-hydrogen) atoms. The Kier molecular flexibility index (Phi) is 6.27. The van der Waals surface area contributed by atoms with Gasteiger partial charge in [0.2, 0.25) is 0 Å². The number of carbonyl (C=O) groups is 1. The smallest absolute Gasteiger partial charge is 0.254 e. The van der Waals surface area contributed by atoms with Crippen molar-refractivity contribution in [2.24, 2.45) is 0 Å². The molecule has 0 saturated carbocycles. The zero-order valence-corrected chi connectivity index (χ0v) is 13.2. The number of halogens is 1. The van der Waals surface area contributed by atoms with Crippen molar-refractivity contribution in [1.29, 1.82) is 0 Å². The largest absolute Gasteiger partial charge is 0.373 e. The van der Waals surface area contributed by atoms with Gasteiger partial charge in [0.1, 0.15) is 0 Å². The molecule has 1 aromatic rings. The number of hydrogen-bond acceptors (Lipinski definition) is 4. The third-order valence-corrected chi connectivity index (χ3v) is 3.70. The van der Waals surface area contributed by atoms with Crippen LogP contribution in [0.2, 0.25) is 0 Å². The average Bonchev–Trinajstić information content (AvgIpc) is 2.46. The van der Waals surface area contributed by atoms with Crippen molar-refractivity contribution in [2.75, 3.05) is 26.2 Å². The van der Waals surface area contributed by atoms with Gasteiger partial charge in [-0.2, -0.15) is 0 Å². The summed E-state index contributed by atoms with van der Waals surface area (Å²) < 4.78 is 19.1. The molecule has 0 unspecified atom stereocenters. The van der Waals surface area contributed by atoms with Crippen molar-refractivity contribution >= 4 is 5.91 Å². The van der Waals surface area contributed by atoms with Crippen molar-refractivity contribution in [2.45, 2.75) is 38.9 Å². The second-order valence-electron chi connectivity index (χ2n) is 5.84. The van der Waals surface area contributed by atoms with E-state index in [1.807, 2.05) is 0 Å². The Morgan fingerprint density at radius 1 is 1.41 bits per heavy atom. The van der Waals surface area contributed by atoms with Gasteiger partial charge in [-0.25, -0.2) is 4.39 Å². The lowest BCUT2D eigenvalue weighted by Gasteiger charge is -2.35. The van der Waals surface area contributed by atoms with Crippen LogP contribution in [0.15, 0.2) is 18.5 Å². The van der Waals surface area contributed by atoms with E-state index in [0.29, 0.717) is 6.54 Å². The van der Waals surface area contributed by atoms with E-state index in [0.717, 1.165) is 38.7 Å². The zero-order valence-electron chi connectivity index (χ0n) is 13.2. The SMILES string of the molecule is C[C@H]1CN(CCCCNC(=O)c2ccncc2F)C[C@H](C)O1. The number of aromatic nitrogens is 1. The van der Waals surface area contributed by atoms with Gasteiger partial charge in [-0.15, -0.1) is 0 Å². The fourth-order valence-electron chi connectivity index (χ4n) is 2.78. The molecule has 2 atom stereocenters. The second kappa shape index (κ2) is 8.19. The van der Waals surface area contributed by atoms with E-state index in [1.54, 1.807) is 0 Å². The minimum Gasteiger partial charge on any atom is -0.373 e. The summed E-state index contributed by atoms with van der Waals surface area (Å²) in [6, 6.07) is 1.39. The minimum atomic E-state index is -0.587. The molecule has 0 bridgehead atoms. The summed E-state index contributed by atoms with van der Waals surface area (Å²) in [6.07, 6.45) is 4.89. The van der Waals surface area contributed by atoms with Crippen LogP contribution in [0.25, 0.3) is 0 Å². The van der Waals surface area contributed by atoms with Gasteiger partial charge in [-0.05, 0) is 39.3 Å². The predicted octanol–water partition coefficient (Wildman–Crippen LogP) is 1.84. The Balaban J connectivity index is 1.63. The Morgan fingerprint density at radius 2 is 2.14 bits per heavy atom. The summed E-state index contributed by atoms with van der Waals surface area (Å²) in [5, 5.41) is 2.75. The number of hydrogen-bond donors (Lipinski definition) is 1. The summed E-state index contributed by atoms with van der Waals surface area (Å²) in [4.78, 5) is 17.8. The lowest BCUT2D eigenvalue weighted by Crippen LogP contribution is -2.45. The first-order valence-corrected chi connectivity index (χ1v) is 7.82. The van der Waals surface area contributed by atoms with Crippen LogP contribution in [0.5, 0.6) is 0 Å². The standard InChI is InChI=1S/C16H24FN3O2/c1-12-10-20(11-13(2)22-12)8-4-3-6-19-16(21)14-5-7-18-9-15(14)17/h5,7,9,12-13H,3-4,6,8,10-11H2,1-2H3,(H,19,21)/t12-,13-/m0/s1. The minimum absolute atomic E-state index is 0.0471. The van der Waals surface area contributed by atoms with E-state index in [1.165, 1.54) is 12.3 Å². The van der Waals surface area contributed by atoms with Crippen molar-refractivity contribution < 1.29 is 13.9 Å². The lowest BCUT2D eigenvalue weighted by molar-refractivity contribution is -0.0681. The highest BCUT2D eigenvalue weighted by Gasteiger charge is 2.21. The van der Waals surface area contributed by atoms with Gasteiger partial charge < -0.3 is 10.1 Å². The van der Waals surface area contributed by atoms with Crippen LogP contribution >= 0.6 is 0 Å². The molecular weight excluding hydrogens is 285 g/mol. The van der Waals surface area contributed by atoms with Gasteiger partial charge in [0.05, 0.1) is 24.0 Å². The van der Waals surface area contributed by atoms with Gasteiger partial charge in [0.25, 0.3) is 5.91 Å². The summed E-state index contributed by atoms with van der Waals surface area (Å²) in [6.45, 7) is 7.64. The molecule has 1 aromatic heterocycles. The Hall–Kier alpha value is -1.53. The zero-order chi connectivity index (χ0) is 15.9. The summed E-state index contributed by atoms with van der Waals surface area (Å²) in [5.74, 6) is -0.968. The first-order chi connectivity index (χ1) is 10.6. The van der Waals surface area contributed by atoms with Crippen LogP contribution in [0, 0.1) is 5.82 Å². The molecule has 1 saturated heterocycles. The molecule has 5 nitrogen and oxygen atoms in total. The normalized spacial score (nSPS) is 22.5. The Bertz CT molecular complexity index is 488. The fourth-order valence-corrected chi connectivity index (χ4v) is 2.78. The quantitative estimate of drug-likeness (QED) is 0.815. The molecule has 0 spiro atoms. The molecule has 0 aromatic carbocycles. The summed E-state index contributed by atoms with van der Waals surface area (Å²) >= 11 is 0. The van der Waals surface area contributed by atoms with Gasteiger partial charge >= 0.3 is 0 Å². The Labute approximate surface area is 130 Å². The maximum absolute atomic E-state index is 13.4. The van der Waals surface area contributed by atoms with Gasteiger partial charge in [0, 0.05) is 25.8 Å². The topological polar surface area (TPSA) is 54.5 Å². The molecule has 1 aliphatic rings. The summed E-state index contributed by atoms with van der Waals surface area (Å²) in [7, 11) is 0. The van der Waals surface area contributed by atoms with Gasteiger partial charge in [0.15, 0.2) is 5.82 Å². The highest BCUT2D eigenvalue weighted by Crippen LogP contribution is 2.11. The number of rotatable bonds is 6. The molecule has 0 radical (unpaired) electrons. The number of nitrogens with one attached hydrogen (secondary N) is 1. The van der Waals surface area contributed by atoms with Crippen LogP contribution in [0.4, 0.5) is 4.39 Å². The second-order valence-corrected chi connectivity index (χ2v) is 5.84. The number of ether oxygens (including phenoxy) is 1. The first-order valence-electron chi connectivity index (χ1n) is 7.82. The average molecular weight is 309 g/mol. The van der Waals surface area contributed by atoms with E-state index in [9.17, 15) is 9.18 Å². The van der Waals surface area contributed by atoms with E-state index in [4.69, 9.17) is 4.74 Å². The number of pyridine rings is 1. The van der Waals surface area contributed by atoms with Crippen molar-refractivity contribution in [3.05, 3.63) is 29.8 Å². The number of unbranched alkanes of at least 4 members (excludes halogenated alkanes) is 1. The number of amides is 1. The Morgan fingerprint density at radius 3 is 2.82 bits per heavy atom. The molecule has 6 heteroatoms. The van der Waals surface area contributed by atoms with E-state index in [2.05, 4.69) is 29.0 Å². The summed E-state index contributed by atoms with van der Waals surface area (Å²) in [5.41, 5.74) is 0.0471. The van der Waals surface area contributed by atoms with Crippen LogP contribution in [-0.4, -0.2) is 54.2 Å². The van der Waals surface area contributed by atoms with Crippen LogP contribution in [-0.2, 0) is 4.74 Å². The first kappa shape index (κ1) is 16.8. The monoisotopic (exact) mass is 309 g/mol. The van der Waals surface area contributed by atoms with E-state index < -0.39 is 5.82 Å². The number of nitrogens with zero attached hydrogens (tertiary/aromatic N) is 2. The third kappa shape index (κ3) is 5.03. The molecule has 0 aliphatic carbocycles. The van der Waals surface area contributed by atoms with Crippen molar-refractivity contribution in [3.8, 4) is 0 Å². The molecule has 2 rings (SSSR count). The molecule has 2 heterocycles. The number of carbonyl (C=O) groups excluding carboxylic acids is 1. The van der Waals surface area contributed by atoms with Crippen LogP contribution in [0.1, 0.15) is 37.0 Å². The van der Waals surface area contributed by atoms with Gasteiger partial charge in [-0.3, -0.25) is 14.7 Å². The molecule has 1 amide bonds. The van der Waals surface area contributed by atoms with Gasteiger partial charge in [-0.1, -0.05) is 0 Å². The van der Waals surface area contributed by atoms with Crippen molar-refractivity contribution in [1.82, 2.24) is 15.2 Å². The molecular formula is C16H24FN3O2. The maximum Gasteiger partial charge on any atom is 0.254 e. The molecule has 122 valence electrons. The highest BCUT2D eigenvalue weighted by molar-refractivity contribution is 5.94. The third-order valence-electron chi connectivity index (χ3n) is 3.70. The molecule has 1 N–H and O–H groups in total. The van der Waals surface area contributed by atoms with Crippen molar-refractivity contribution in [3.63, 3.8) is 0 Å². The fraction of sp³-hybridized carbons (Fsp3) is 0.625. The lowest BCUT2D eigenvalue weighted by atomic mass is 10.2. The maximum atomic E-state index is 13.4. The molecule has 1 aliphatic heterocycles. The number of morpholine rings is 1. The molecule has 1 fully saturated rings. The predicted molar refractivity (Wildman–Crippen MR) is 82.2 cm³/mol. The van der Waals surface area contributed by atoms with E-state index >= 15 is 0 Å². The van der Waals surface area contributed by atoms with E-state index in [-0.39, 0.29) is 23.7 Å². The van der Waals surface area contributed by atoms with Crippen LogP contribution in [0.3, 0.4) is 0 Å². The van der Waals surface area contributed by atoms with Crippen LogP contribution < -0.4 is 5.32 Å². The highest BCUT2D eigenvalue weighted by atomic mass is 19.1.